The lowest BCUT2D eigenvalue weighted by atomic mass is 9.93. The van der Waals surface area contributed by atoms with Crippen LogP contribution in [0, 0.1) is 11.3 Å². The van der Waals surface area contributed by atoms with Crippen LogP contribution in [-0.2, 0) is 4.79 Å². The number of Topliss-reactive ketones (excluding diaryl/α,β-unsaturated/α-hetero) is 1. The number of nitriles is 1. The zero-order valence-electron chi connectivity index (χ0n) is 19.4. The highest BCUT2D eigenvalue weighted by atomic mass is 19.4. The maximum absolute atomic E-state index is 14.0. The fourth-order valence-electron chi connectivity index (χ4n) is 4.47. The Morgan fingerprint density at radius 2 is 1.83 bits per heavy atom. The van der Waals surface area contributed by atoms with Crippen LogP contribution in [-0.4, -0.2) is 58.7 Å². The minimum atomic E-state index is -4.97. The van der Waals surface area contributed by atoms with Gasteiger partial charge < -0.3 is 20.2 Å². The molecule has 0 aliphatic carbocycles. The van der Waals surface area contributed by atoms with Crippen LogP contribution in [0.5, 0.6) is 0 Å². The van der Waals surface area contributed by atoms with Crippen molar-refractivity contribution in [3.63, 3.8) is 0 Å². The van der Waals surface area contributed by atoms with Gasteiger partial charge in [-0.3, -0.25) is 4.79 Å². The molecule has 0 spiro atoms. The van der Waals surface area contributed by atoms with Gasteiger partial charge >= 0.3 is 6.18 Å². The van der Waals surface area contributed by atoms with E-state index in [0.717, 1.165) is 30.5 Å². The van der Waals surface area contributed by atoms with Crippen LogP contribution in [0.3, 0.4) is 0 Å². The predicted molar refractivity (Wildman–Crippen MR) is 127 cm³/mol. The number of piperidine rings is 1. The number of carbonyl (C=O) groups is 1. The van der Waals surface area contributed by atoms with Crippen molar-refractivity contribution in [3.8, 4) is 6.07 Å². The van der Waals surface area contributed by atoms with E-state index in [9.17, 15) is 33.4 Å². The lowest BCUT2D eigenvalue weighted by Gasteiger charge is -2.35. The summed E-state index contributed by atoms with van der Waals surface area (Å²) in [5.74, 6) is -1.10. The Labute approximate surface area is 201 Å². The van der Waals surface area contributed by atoms with Crippen LogP contribution in [0.25, 0.3) is 16.3 Å². The SMILES string of the molecule is CC1CCCCN1c1ccc2cc(/C(=C(\C#N)C(=O)CCC(O)C(O)CO)C(F)(F)F)ccc2c1. The number of halogens is 3. The van der Waals surface area contributed by atoms with Gasteiger partial charge in [0.15, 0.2) is 5.78 Å². The highest BCUT2D eigenvalue weighted by Gasteiger charge is 2.39. The van der Waals surface area contributed by atoms with E-state index < -0.39 is 54.8 Å². The summed E-state index contributed by atoms with van der Waals surface area (Å²) in [4.78, 5) is 14.8. The van der Waals surface area contributed by atoms with Gasteiger partial charge in [-0.1, -0.05) is 18.2 Å². The molecule has 3 atom stereocenters. The summed E-state index contributed by atoms with van der Waals surface area (Å²) in [6.45, 7) is 2.31. The summed E-state index contributed by atoms with van der Waals surface area (Å²) < 4.78 is 42.1. The van der Waals surface area contributed by atoms with Crippen LogP contribution in [0.15, 0.2) is 42.0 Å². The van der Waals surface area contributed by atoms with E-state index >= 15 is 0 Å². The summed E-state index contributed by atoms with van der Waals surface area (Å²) >= 11 is 0. The molecule has 6 nitrogen and oxygen atoms in total. The van der Waals surface area contributed by atoms with Gasteiger partial charge in [-0.25, -0.2) is 0 Å². The first-order chi connectivity index (χ1) is 16.6. The monoisotopic (exact) mass is 490 g/mol. The largest absolute Gasteiger partial charge is 0.418 e. The molecule has 1 aliphatic heterocycles. The summed E-state index contributed by atoms with van der Waals surface area (Å²) in [7, 11) is 0. The quantitative estimate of drug-likeness (QED) is 0.380. The lowest BCUT2D eigenvalue weighted by Crippen LogP contribution is -2.37. The maximum Gasteiger partial charge on any atom is 0.418 e. The number of aliphatic hydroxyl groups excluding tert-OH is 3. The second-order valence-corrected chi connectivity index (χ2v) is 8.92. The summed E-state index contributed by atoms with van der Waals surface area (Å²) in [5.41, 5.74) is -1.69. The average Bonchev–Trinajstić information content (AvgIpc) is 2.83. The summed E-state index contributed by atoms with van der Waals surface area (Å²) in [5, 5.41) is 38.7. The molecule has 3 N–H and O–H groups in total. The molecule has 1 fully saturated rings. The minimum Gasteiger partial charge on any atom is -0.394 e. The third-order valence-corrected chi connectivity index (χ3v) is 6.47. The molecular weight excluding hydrogens is 461 g/mol. The molecule has 3 unspecified atom stereocenters. The number of alkyl halides is 3. The van der Waals surface area contributed by atoms with Crippen LogP contribution < -0.4 is 4.90 Å². The Morgan fingerprint density at radius 3 is 2.46 bits per heavy atom. The number of aliphatic hydroxyl groups is 3. The highest BCUT2D eigenvalue weighted by molar-refractivity contribution is 6.07. The molecule has 188 valence electrons. The molecule has 1 aliphatic rings. The number of anilines is 1. The van der Waals surface area contributed by atoms with Crippen LogP contribution >= 0.6 is 0 Å². The van der Waals surface area contributed by atoms with Gasteiger partial charge in [0.05, 0.1) is 18.3 Å². The topological polar surface area (TPSA) is 105 Å². The van der Waals surface area contributed by atoms with Crippen LogP contribution in [0.4, 0.5) is 18.9 Å². The van der Waals surface area contributed by atoms with Crippen LogP contribution in [0.1, 0.15) is 44.6 Å². The maximum atomic E-state index is 14.0. The Balaban J connectivity index is 1.96. The average molecular weight is 491 g/mol. The Bertz CT molecular complexity index is 1140. The number of hydrogen-bond donors (Lipinski definition) is 3. The molecule has 1 heterocycles. The first-order valence-electron chi connectivity index (χ1n) is 11.6. The zero-order chi connectivity index (χ0) is 25.8. The standard InChI is InChI=1S/C26H29F3N2O4/c1-16-4-2-3-11-31(16)20-8-7-17-12-19(6-5-18(17)13-20)25(26(27,28)29)21(14-30)22(33)9-10-23(34)24(35)15-32/h5-8,12-13,16,23-24,32,34-35H,2-4,9-11,15H2,1H3/b25-21-. The number of nitrogens with zero attached hydrogens (tertiary/aromatic N) is 2. The summed E-state index contributed by atoms with van der Waals surface area (Å²) in [6, 6.07) is 11.4. The van der Waals surface area contributed by atoms with Gasteiger partial charge in [0, 0.05) is 24.7 Å². The van der Waals surface area contributed by atoms with Crippen molar-refractivity contribution in [1.29, 1.82) is 5.26 Å². The van der Waals surface area contributed by atoms with Gasteiger partial charge in [-0.2, -0.15) is 18.4 Å². The first kappa shape index (κ1) is 26.7. The Kier molecular flexibility index (Phi) is 8.54. The first-order valence-corrected chi connectivity index (χ1v) is 11.6. The number of ketones is 1. The van der Waals surface area contributed by atoms with E-state index in [0.29, 0.717) is 11.4 Å². The molecule has 0 bridgehead atoms. The zero-order valence-corrected chi connectivity index (χ0v) is 19.4. The Hall–Kier alpha value is -2.93. The predicted octanol–water partition coefficient (Wildman–Crippen LogP) is 4.12. The molecule has 3 rings (SSSR count). The van der Waals surface area contributed by atoms with E-state index in [1.807, 2.05) is 12.1 Å². The summed E-state index contributed by atoms with van der Waals surface area (Å²) in [6.07, 6.45) is -5.66. The van der Waals surface area contributed by atoms with Crippen molar-refractivity contribution in [1.82, 2.24) is 0 Å². The van der Waals surface area contributed by atoms with Crippen molar-refractivity contribution >= 4 is 27.8 Å². The van der Waals surface area contributed by atoms with E-state index in [1.165, 1.54) is 24.6 Å². The number of benzene rings is 2. The van der Waals surface area contributed by atoms with Crippen molar-refractivity contribution in [3.05, 3.63) is 47.5 Å². The highest BCUT2D eigenvalue weighted by Crippen LogP contribution is 2.38. The molecule has 35 heavy (non-hydrogen) atoms. The fourth-order valence-corrected chi connectivity index (χ4v) is 4.47. The number of fused-ring (bicyclic) bond motifs is 1. The van der Waals surface area contributed by atoms with E-state index in [1.54, 1.807) is 12.1 Å². The van der Waals surface area contributed by atoms with Crippen molar-refractivity contribution in [2.75, 3.05) is 18.1 Å². The molecule has 1 saturated heterocycles. The third-order valence-electron chi connectivity index (χ3n) is 6.47. The lowest BCUT2D eigenvalue weighted by molar-refractivity contribution is -0.116. The molecule has 0 radical (unpaired) electrons. The number of rotatable bonds is 8. The van der Waals surface area contributed by atoms with Crippen molar-refractivity contribution in [2.24, 2.45) is 0 Å². The molecular formula is C26H29F3N2O4. The normalized spacial score (nSPS) is 19.1. The van der Waals surface area contributed by atoms with Gasteiger partial charge in [-0.05, 0) is 67.1 Å². The number of hydrogen-bond acceptors (Lipinski definition) is 6. The Morgan fingerprint density at radius 1 is 1.14 bits per heavy atom. The van der Waals surface area contributed by atoms with Gasteiger partial charge in [0.1, 0.15) is 17.7 Å². The third kappa shape index (κ3) is 6.20. The number of carbonyl (C=O) groups excluding carboxylic acids is 1. The van der Waals surface area contributed by atoms with E-state index in [2.05, 4.69) is 11.8 Å². The fraction of sp³-hybridized carbons (Fsp3) is 0.462. The molecule has 9 heteroatoms. The second kappa shape index (κ2) is 11.2. The molecule has 2 aromatic carbocycles. The molecule has 2 aromatic rings. The van der Waals surface area contributed by atoms with Crippen LogP contribution in [0.2, 0.25) is 0 Å². The number of allylic oxidation sites excluding steroid dienone is 2. The van der Waals surface area contributed by atoms with E-state index in [-0.39, 0.29) is 5.56 Å². The smallest absolute Gasteiger partial charge is 0.394 e. The molecule has 0 aromatic heterocycles. The van der Waals surface area contributed by atoms with Gasteiger partial charge in [0.2, 0.25) is 0 Å². The molecule has 0 amide bonds. The van der Waals surface area contributed by atoms with Gasteiger partial charge in [0.25, 0.3) is 0 Å². The second-order valence-electron chi connectivity index (χ2n) is 8.92. The van der Waals surface area contributed by atoms with Crippen molar-refractivity contribution in [2.45, 2.75) is 63.5 Å². The molecule has 0 saturated carbocycles. The minimum absolute atomic E-state index is 0.301. The van der Waals surface area contributed by atoms with Gasteiger partial charge in [-0.15, -0.1) is 0 Å². The van der Waals surface area contributed by atoms with E-state index in [4.69, 9.17) is 5.11 Å². The van der Waals surface area contributed by atoms with Crippen molar-refractivity contribution < 1.29 is 33.3 Å².